The van der Waals surface area contributed by atoms with Crippen LogP contribution in [0.3, 0.4) is 0 Å². The van der Waals surface area contributed by atoms with Crippen molar-refractivity contribution in [3.8, 4) is 6.07 Å². The predicted molar refractivity (Wildman–Crippen MR) is 105 cm³/mol. The number of pyridine rings is 1. The van der Waals surface area contributed by atoms with Crippen LogP contribution in [0.4, 0.5) is 5.69 Å². The van der Waals surface area contributed by atoms with Crippen molar-refractivity contribution >= 4 is 17.6 Å². The summed E-state index contributed by atoms with van der Waals surface area (Å²) in [7, 11) is 0. The third kappa shape index (κ3) is 5.07. The van der Waals surface area contributed by atoms with Crippen molar-refractivity contribution in [1.29, 1.82) is 5.26 Å². The van der Waals surface area contributed by atoms with Gasteiger partial charge in [0.25, 0.3) is 5.56 Å². The Hall–Kier alpha value is -3.40. The number of carbonyl (C=O) groups is 2. The van der Waals surface area contributed by atoms with Crippen molar-refractivity contribution < 1.29 is 14.3 Å². The third-order valence-electron chi connectivity index (χ3n) is 4.36. The normalized spacial score (nSPS) is 10.2. The Morgan fingerprint density at radius 3 is 2.50 bits per heavy atom. The molecule has 0 radical (unpaired) electrons. The fourth-order valence-electron chi connectivity index (χ4n) is 2.85. The number of nitriles is 1. The molecule has 1 aromatic carbocycles. The number of nitrogens with zero attached hydrogens (tertiary/aromatic N) is 1. The number of hydrogen-bond acceptors (Lipinski definition) is 5. The fraction of sp³-hybridized carbons (Fsp3) is 0.333. The van der Waals surface area contributed by atoms with Gasteiger partial charge in [0, 0.05) is 17.8 Å². The SMILES string of the molecule is CCCOC(=O)c1ccc(NC(=O)CCc2c(C)[nH]c(=O)c(C#N)c2C)cc1. The molecular weight excluding hydrogens is 358 g/mol. The molecule has 0 aliphatic heterocycles. The zero-order valence-electron chi connectivity index (χ0n) is 16.2. The van der Waals surface area contributed by atoms with Crippen LogP contribution in [-0.4, -0.2) is 23.5 Å². The Bertz CT molecular complexity index is 969. The number of aromatic nitrogens is 1. The first kappa shape index (κ1) is 20.9. The van der Waals surface area contributed by atoms with Crippen molar-refractivity contribution in [3.05, 3.63) is 62.6 Å². The lowest BCUT2D eigenvalue weighted by Crippen LogP contribution is -2.18. The zero-order valence-corrected chi connectivity index (χ0v) is 16.2. The molecule has 2 N–H and O–H groups in total. The molecule has 0 aliphatic rings. The number of rotatable bonds is 7. The van der Waals surface area contributed by atoms with Crippen LogP contribution in [0.2, 0.25) is 0 Å². The average molecular weight is 381 g/mol. The van der Waals surface area contributed by atoms with Crippen LogP contribution < -0.4 is 10.9 Å². The largest absolute Gasteiger partial charge is 0.462 e. The maximum Gasteiger partial charge on any atom is 0.338 e. The van der Waals surface area contributed by atoms with Gasteiger partial charge in [-0.2, -0.15) is 5.26 Å². The highest BCUT2D eigenvalue weighted by Gasteiger charge is 2.14. The molecule has 2 aromatic rings. The van der Waals surface area contributed by atoms with E-state index in [0.29, 0.717) is 35.5 Å². The first-order valence-corrected chi connectivity index (χ1v) is 9.06. The molecule has 0 unspecified atom stereocenters. The monoisotopic (exact) mass is 381 g/mol. The van der Waals surface area contributed by atoms with Gasteiger partial charge in [0.2, 0.25) is 5.91 Å². The lowest BCUT2D eigenvalue weighted by molar-refractivity contribution is -0.116. The average Bonchev–Trinajstić information content (AvgIpc) is 2.66. The first-order valence-electron chi connectivity index (χ1n) is 9.06. The summed E-state index contributed by atoms with van der Waals surface area (Å²) in [5, 5.41) is 11.9. The van der Waals surface area contributed by atoms with Crippen LogP contribution in [0, 0.1) is 25.2 Å². The second-order valence-corrected chi connectivity index (χ2v) is 6.43. The van der Waals surface area contributed by atoms with Gasteiger partial charge in [0.15, 0.2) is 0 Å². The van der Waals surface area contributed by atoms with Gasteiger partial charge in [-0.3, -0.25) is 9.59 Å². The van der Waals surface area contributed by atoms with E-state index in [2.05, 4.69) is 10.3 Å². The highest BCUT2D eigenvalue weighted by Crippen LogP contribution is 2.16. The Labute approximate surface area is 163 Å². The highest BCUT2D eigenvalue weighted by molar-refractivity contribution is 5.93. The van der Waals surface area contributed by atoms with Gasteiger partial charge >= 0.3 is 5.97 Å². The van der Waals surface area contributed by atoms with Crippen molar-refractivity contribution in [2.24, 2.45) is 0 Å². The van der Waals surface area contributed by atoms with Crippen molar-refractivity contribution in [2.75, 3.05) is 11.9 Å². The molecule has 0 spiro atoms. The van der Waals surface area contributed by atoms with E-state index >= 15 is 0 Å². The molecule has 0 bridgehead atoms. The minimum Gasteiger partial charge on any atom is -0.462 e. The standard InChI is InChI=1S/C21H23N3O4/c1-4-11-28-21(27)15-5-7-16(8-6-15)24-19(25)10-9-17-13(2)18(12-22)20(26)23-14(17)3/h5-8H,4,9-11H2,1-3H3,(H,23,26)(H,24,25). The number of hydrogen-bond donors (Lipinski definition) is 2. The molecule has 28 heavy (non-hydrogen) atoms. The van der Waals surface area contributed by atoms with E-state index < -0.39 is 11.5 Å². The van der Waals surface area contributed by atoms with Crippen molar-refractivity contribution in [3.63, 3.8) is 0 Å². The van der Waals surface area contributed by atoms with Gasteiger partial charge in [0.05, 0.1) is 12.2 Å². The molecule has 1 heterocycles. The maximum atomic E-state index is 12.3. The molecule has 0 atom stereocenters. The number of H-pyrrole nitrogens is 1. The first-order chi connectivity index (χ1) is 13.4. The Morgan fingerprint density at radius 2 is 1.89 bits per heavy atom. The summed E-state index contributed by atoms with van der Waals surface area (Å²) in [6, 6.07) is 8.39. The second-order valence-electron chi connectivity index (χ2n) is 6.43. The van der Waals surface area contributed by atoms with E-state index in [1.165, 1.54) is 0 Å². The van der Waals surface area contributed by atoms with E-state index in [0.717, 1.165) is 12.0 Å². The molecule has 0 saturated carbocycles. The van der Waals surface area contributed by atoms with Gasteiger partial charge in [0.1, 0.15) is 11.6 Å². The van der Waals surface area contributed by atoms with Crippen LogP contribution in [0.25, 0.3) is 0 Å². The summed E-state index contributed by atoms with van der Waals surface area (Å²) < 4.78 is 5.06. The van der Waals surface area contributed by atoms with Crippen LogP contribution in [0.5, 0.6) is 0 Å². The van der Waals surface area contributed by atoms with Crippen LogP contribution in [0.15, 0.2) is 29.1 Å². The molecule has 0 aliphatic carbocycles. The number of anilines is 1. The zero-order chi connectivity index (χ0) is 20.7. The molecule has 146 valence electrons. The highest BCUT2D eigenvalue weighted by atomic mass is 16.5. The number of benzene rings is 1. The number of nitrogens with one attached hydrogen (secondary N) is 2. The van der Waals surface area contributed by atoms with E-state index in [1.807, 2.05) is 13.0 Å². The summed E-state index contributed by atoms with van der Waals surface area (Å²) in [5.74, 6) is -0.595. The number of amides is 1. The maximum absolute atomic E-state index is 12.3. The Morgan fingerprint density at radius 1 is 1.21 bits per heavy atom. The number of esters is 1. The van der Waals surface area contributed by atoms with Gasteiger partial charge < -0.3 is 15.0 Å². The molecular formula is C21H23N3O4. The summed E-state index contributed by atoms with van der Waals surface area (Å²) >= 11 is 0. The minimum absolute atomic E-state index is 0.0755. The van der Waals surface area contributed by atoms with Gasteiger partial charge in [-0.15, -0.1) is 0 Å². The Kier molecular flexibility index (Phi) is 7.10. The second kappa shape index (κ2) is 9.51. The third-order valence-corrected chi connectivity index (χ3v) is 4.36. The quantitative estimate of drug-likeness (QED) is 0.716. The van der Waals surface area contributed by atoms with Crippen LogP contribution in [0.1, 0.15) is 52.5 Å². The number of carbonyl (C=O) groups excluding carboxylic acids is 2. The predicted octanol–water partition coefficient (Wildman–Crippen LogP) is 3.00. The van der Waals surface area contributed by atoms with E-state index in [4.69, 9.17) is 10.00 Å². The minimum atomic E-state index is -0.414. The number of aryl methyl sites for hydroxylation is 1. The van der Waals surface area contributed by atoms with Gasteiger partial charge in [-0.25, -0.2) is 4.79 Å². The van der Waals surface area contributed by atoms with E-state index in [-0.39, 0.29) is 17.9 Å². The Balaban J connectivity index is 1.99. The molecule has 7 nitrogen and oxygen atoms in total. The summed E-state index contributed by atoms with van der Waals surface area (Å²) in [6.07, 6.45) is 1.35. The number of aromatic amines is 1. The van der Waals surface area contributed by atoms with Crippen LogP contribution in [-0.2, 0) is 16.0 Å². The van der Waals surface area contributed by atoms with Crippen molar-refractivity contribution in [2.45, 2.75) is 40.0 Å². The molecule has 1 aromatic heterocycles. The van der Waals surface area contributed by atoms with Crippen molar-refractivity contribution in [1.82, 2.24) is 4.98 Å². The molecule has 7 heteroatoms. The summed E-state index contributed by atoms with van der Waals surface area (Å²) in [5.41, 5.74) is 2.71. The van der Waals surface area contributed by atoms with Crippen LogP contribution >= 0.6 is 0 Å². The molecule has 2 rings (SSSR count). The van der Waals surface area contributed by atoms with E-state index in [1.54, 1.807) is 38.1 Å². The molecule has 0 fully saturated rings. The van der Waals surface area contributed by atoms with Gasteiger partial charge in [-0.05, 0) is 62.1 Å². The number of ether oxygens (including phenoxy) is 1. The lowest BCUT2D eigenvalue weighted by Gasteiger charge is -2.11. The smallest absolute Gasteiger partial charge is 0.338 e. The van der Waals surface area contributed by atoms with E-state index in [9.17, 15) is 14.4 Å². The topological polar surface area (TPSA) is 112 Å². The summed E-state index contributed by atoms with van der Waals surface area (Å²) in [6.45, 7) is 5.75. The van der Waals surface area contributed by atoms with Gasteiger partial charge in [-0.1, -0.05) is 6.92 Å². The molecule has 0 saturated heterocycles. The summed E-state index contributed by atoms with van der Waals surface area (Å²) in [4.78, 5) is 38.4. The molecule has 1 amide bonds. The lowest BCUT2D eigenvalue weighted by atomic mass is 9.99. The fourth-order valence-corrected chi connectivity index (χ4v) is 2.85.